The molecule has 0 spiro atoms. The van der Waals surface area contributed by atoms with E-state index in [2.05, 4.69) is 0 Å². The van der Waals surface area contributed by atoms with Crippen LogP contribution in [0.2, 0.25) is 0 Å². The Balaban J connectivity index is 3.52. The topological polar surface area (TPSA) is 46.2 Å². The number of benzene rings is 1. The maximum absolute atomic E-state index is 13.6. The first kappa shape index (κ1) is 16.7. The quantitative estimate of drug-likeness (QED) is 0.842. The molecule has 1 atom stereocenters. The van der Waals surface area contributed by atoms with E-state index in [4.69, 9.17) is 10.8 Å². The zero-order chi connectivity index (χ0) is 15.7. The van der Waals surface area contributed by atoms with Crippen LogP contribution >= 0.6 is 0 Å². The summed E-state index contributed by atoms with van der Waals surface area (Å²) in [4.78, 5) is 0. The summed E-state index contributed by atoms with van der Waals surface area (Å²) in [6.07, 6.45) is -10.7. The summed E-state index contributed by atoms with van der Waals surface area (Å²) in [5.41, 5.74) is 0.664. The molecule has 0 aliphatic rings. The van der Waals surface area contributed by atoms with E-state index >= 15 is 0 Å². The van der Waals surface area contributed by atoms with E-state index in [1.54, 1.807) is 0 Å². The zero-order valence-corrected chi connectivity index (χ0v) is 9.82. The molecule has 2 nitrogen and oxygen atoms in total. The lowest BCUT2D eigenvalue weighted by Gasteiger charge is -2.20. The van der Waals surface area contributed by atoms with E-state index in [1.807, 2.05) is 0 Å². The summed E-state index contributed by atoms with van der Waals surface area (Å²) < 4.78 is 89.1. The van der Waals surface area contributed by atoms with Gasteiger partial charge in [-0.25, -0.2) is 4.39 Å². The number of alkyl halides is 6. The molecule has 1 aromatic carbocycles. The second-order valence-corrected chi connectivity index (χ2v) is 4.03. The van der Waals surface area contributed by atoms with E-state index in [0.29, 0.717) is 0 Å². The molecule has 3 N–H and O–H groups in total. The molecule has 0 amide bonds. The Morgan fingerprint density at radius 1 is 1.05 bits per heavy atom. The van der Waals surface area contributed by atoms with Gasteiger partial charge < -0.3 is 10.8 Å². The normalized spacial score (nSPS) is 14.4. The van der Waals surface area contributed by atoms with Crippen LogP contribution in [0.4, 0.5) is 30.7 Å². The second-order valence-electron chi connectivity index (χ2n) is 4.03. The van der Waals surface area contributed by atoms with Crippen LogP contribution in [0, 0.1) is 5.82 Å². The number of aliphatic hydroxyl groups is 1. The predicted molar refractivity (Wildman–Crippen MR) is 55.0 cm³/mol. The second kappa shape index (κ2) is 5.57. The molecule has 0 aliphatic carbocycles. The van der Waals surface area contributed by atoms with Crippen molar-refractivity contribution in [1.29, 1.82) is 0 Å². The van der Waals surface area contributed by atoms with Gasteiger partial charge >= 0.3 is 12.4 Å². The fourth-order valence-corrected chi connectivity index (χ4v) is 1.68. The first-order chi connectivity index (χ1) is 8.98. The van der Waals surface area contributed by atoms with Crippen molar-refractivity contribution >= 4 is 0 Å². The number of nitrogens with two attached hydrogens (primary N) is 1. The molecule has 0 aromatic heterocycles. The Labute approximate surface area is 109 Å². The minimum atomic E-state index is -5.19. The summed E-state index contributed by atoms with van der Waals surface area (Å²) in [5.74, 6) is -1.70. The Morgan fingerprint density at radius 2 is 1.60 bits per heavy atom. The smallest absolute Gasteiger partial charge is 0.396 e. The van der Waals surface area contributed by atoms with E-state index in [0.717, 1.165) is 0 Å². The number of hydrogen-bond acceptors (Lipinski definition) is 2. The molecule has 1 rings (SSSR count). The molecule has 0 fully saturated rings. The van der Waals surface area contributed by atoms with Gasteiger partial charge in [-0.05, 0) is 18.6 Å². The van der Waals surface area contributed by atoms with Gasteiger partial charge in [-0.2, -0.15) is 26.3 Å². The van der Waals surface area contributed by atoms with Crippen molar-refractivity contribution in [2.75, 3.05) is 6.61 Å². The summed E-state index contributed by atoms with van der Waals surface area (Å²) in [6, 6.07) is -1.78. The Morgan fingerprint density at radius 3 is 2.00 bits per heavy atom. The van der Waals surface area contributed by atoms with Crippen molar-refractivity contribution in [3.8, 4) is 0 Å². The molecule has 0 radical (unpaired) electrons. The molecule has 0 heterocycles. The molecule has 0 unspecified atom stereocenters. The largest absolute Gasteiger partial charge is 0.416 e. The maximum atomic E-state index is 13.6. The molecule has 0 aliphatic heterocycles. The number of aliphatic hydroxyl groups excluding tert-OH is 1. The van der Waals surface area contributed by atoms with E-state index in [1.165, 1.54) is 0 Å². The highest BCUT2D eigenvalue weighted by Crippen LogP contribution is 2.40. The summed E-state index contributed by atoms with van der Waals surface area (Å²) in [5, 5.41) is 8.60. The van der Waals surface area contributed by atoms with E-state index in [9.17, 15) is 30.7 Å². The average Bonchev–Trinajstić information content (AvgIpc) is 2.25. The van der Waals surface area contributed by atoms with Crippen LogP contribution in [0.25, 0.3) is 0 Å². The molecule has 0 saturated carbocycles. The lowest BCUT2D eigenvalue weighted by Crippen LogP contribution is -2.22. The first-order valence-corrected chi connectivity index (χ1v) is 5.32. The van der Waals surface area contributed by atoms with Crippen LogP contribution < -0.4 is 5.73 Å². The molecular weight excluding hydrogens is 295 g/mol. The van der Waals surface area contributed by atoms with Crippen molar-refractivity contribution in [3.05, 3.63) is 34.6 Å². The van der Waals surface area contributed by atoms with Crippen LogP contribution in [-0.4, -0.2) is 11.7 Å². The maximum Gasteiger partial charge on any atom is 0.416 e. The van der Waals surface area contributed by atoms with Crippen LogP contribution in [0.5, 0.6) is 0 Å². The average molecular weight is 305 g/mol. The van der Waals surface area contributed by atoms with Crippen molar-refractivity contribution in [2.24, 2.45) is 5.73 Å². The fraction of sp³-hybridized carbons (Fsp3) is 0.455. The third-order valence-corrected chi connectivity index (χ3v) is 2.57. The van der Waals surface area contributed by atoms with Crippen molar-refractivity contribution in [1.82, 2.24) is 0 Å². The van der Waals surface area contributed by atoms with Gasteiger partial charge in [0.05, 0.1) is 11.1 Å². The number of rotatable bonds is 3. The van der Waals surface area contributed by atoms with Crippen molar-refractivity contribution < 1.29 is 35.8 Å². The fourth-order valence-electron chi connectivity index (χ4n) is 1.68. The molecule has 20 heavy (non-hydrogen) atoms. The van der Waals surface area contributed by atoms with Crippen LogP contribution in [-0.2, 0) is 12.4 Å². The third kappa shape index (κ3) is 3.60. The van der Waals surface area contributed by atoms with Gasteiger partial charge in [0, 0.05) is 18.2 Å². The van der Waals surface area contributed by atoms with Gasteiger partial charge in [-0.15, -0.1) is 0 Å². The van der Waals surface area contributed by atoms with Gasteiger partial charge in [0.1, 0.15) is 5.82 Å². The van der Waals surface area contributed by atoms with Crippen LogP contribution in [0.15, 0.2) is 12.1 Å². The van der Waals surface area contributed by atoms with E-state index < -0.39 is 53.9 Å². The molecule has 9 heteroatoms. The van der Waals surface area contributed by atoms with E-state index in [-0.39, 0.29) is 12.1 Å². The summed E-state index contributed by atoms with van der Waals surface area (Å²) >= 11 is 0. The SMILES string of the molecule is N[C@H](CCO)c1c(F)cc(C(F)(F)F)cc1C(F)(F)F. The minimum Gasteiger partial charge on any atom is -0.396 e. The minimum absolute atomic E-state index is 0.0399. The molecule has 114 valence electrons. The summed E-state index contributed by atoms with van der Waals surface area (Å²) in [7, 11) is 0. The highest BCUT2D eigenvalue weighted by atomic mass is 19.4. The van der Waals surface area contributed by atoms with Crippen LogP contribution in [0.3, 0.4) is 0 Å². The molecular formula is C11H10F7NO. The van der Waals surface area contributed by atoms with Gasteiger partial charge in [0.2, 0.25) is 0 Å². The standard InChI is InChI=1S/C11H10F7NO/c12-7-4-5(10(13,14)15)3-6(11(16,17)18)9(7)8(19)1-2-20/h3-4,8,20H,1-2,19H2/t8-/m1/s1. The highest BCUT2D eigenvalue weighted by molar-refractivity contribution is 5.38. The molecule has 1 aromatic rings. The van der Waals surface area contributed by atoms with Crippen LogP contribution in [0.1, 0.15) is 29.2 Å². The highest BCUT2D eigenvalue weighted by Gasteiger charge is 2.40. The van der Waals surface area contributed by atoms with Gasteiger partial charge in [0.15, 0.2) is 0 Å². The Hall–Kier alpha value is -1.35. The van der Waals surface area contributed by atoms with Gasteiger partial charge in [0.25, 0.3) is 0 Å². The lowest BCUT2D eigenvalue weighted by molar-refractivity contribution is -0.144. The third-order valence-electron chi connectivity index (χ3n) is 2.57. The number of hydrogen-bond donors (Lipinski definition) is 2. The first-order valence-electron chi connectivity index (χ1n) is 5.32. The Kier molecular flexibility index (Phi) is 4.65. The monoisotopic (exact) mass is 305 g/mol. The molecule has 0 bridgehead atoms. The van der Waals surface area contributed by atoms with Gasteiger partial charge in [-0.3, -0.25) is 0 Å². The number of halogens is 7. The predicted octanol–water partition coefficient (Wildman–Crippen LogP) is 3.25. The van der Waals surface area contributed by atoms with Crippen molar-refractivity contribution in [2.45, 2.75) is 24.8 Å². The Bertz CT molecular complexity index is 481. The zero-order valence-electron chi connectivity index (χ0n) is 9.82. The lowest BCUT2D eigenvalue weighted by atomic mass is 9.95. The summed E-state index contributed by atoms with van der Waals surface area (Å²) in [6.45, 7) is -0.626. The molecule has 0 saturated heterocycles. The van der Waals surface area contributed by atoms with Gasteiger partial charge in [-0.1, -0.05) is 0 Å². The van der Waals surface area contributed by atoms with Crippen molar-refractivity contribution in [3.63, 3.8) is 0 Å².